The molecule has 3 radical (unpaired) electrons. The molecule has 4 rings (SSSR count). The van der Waals surface area contributed by atoms with E-state index in [9.17, 15) is 9.59 Å². The van der Waals surface area contributed by atoms with E-state index in [1.165, 1.54) is 0 Å². The molecular formula is C23H18ClN2O2SSi. The summed E-state index contributed by atoms with van der Waals surface area (Å²) in [6, 6.07) is 19.2. The fourth-order valence-electron chi connectivity index (χ4n) is 3.57. The molecule has 0 unspecified atom stereocenters. The van der Waals surface area contributed by atoms with Crippen LogP contribution in [0.5, 0.6) is 0 Å². The molecule has 4 nitrogen and oxygen atoms in total. The van der Waals surface area contributed by atoms with Crippen LogP contribution in [0.15, 0.2) is 65.6 Å². The van der Waals surface area contributed by atoms with E-state index >= 15 is 0 Å². The summed E-state index contributed by atoms with van der Waals surface area (Å²) in [7, 11) is 3.52. The van der Waals surface area contributed by atoms with Crippen LogP contribution in [0.25, 0.3) is 0 Å². The second-order valence-corrected chi connectivity index (χ2v) is 8.38. The van der Waals surface area contributed by atoms with Crippen LogP contribution >= 0.6 is 24.2 Å². The van der Waals surface area contributed by atoms with E-state index < -0.39 is 0 Å². The van der Waals surface area contributed by atoms with E-state index in [2.05, 4.69) is 34.3 Å². The Balaban J connectivity index is 1.57. The van der Waals surface area contributed by atoms with Gasteiger partial charge in [-0.05, 0) is 41.9 Å². The van der Waals surface area contributed by atoms with Crippen molar-refractivity contribution < 1.29 is 9.59 Å². The standard InChI is InChI=1S/C23H18ClN2O2SSi/c24-16-7-8-21(29)18(10-16)22(27)25-20-6-2-5-17-19(20)12-26(23(17)28)11-14-3-1-4-15(9-14)13-30/h1-10,29H,11-13H2,(H,25,27). The van der Waals surface area contributed by atoms with E-state index in [0.29, 0.717) is 39.8 Å². The predicted octanol–water partition coefficient (Wildman–Crippen LogP) is 4.71. The molecule has 1 N–H and O–H groups in total. The molecule has 0 aromatic heterocycles. The van der Waals surface area contributed by atoms with Crippen molar-refractivity contribution in [3.63, 3.8) is 0 Å². The molecule has 2 amide bonds. The van der Waals surface area contributed by atoms with Crippen molar-refractivity contribution in [1.82, 2.24) is 4.90 Å². The lowest BCUT2D eigenvalue weighted by Crippen LogP contribution is -2.23. The predicted molar refractivity (Wildman–Crippen MR) is 123 cm³/mol. The number of nitrogens with zero attached hydrogens (tertiary/aromatic N) is 1. The lowest BCUT2D eigenvalue weighted by molar-refractivity contribution is 0.0766. The first kappa shape index (κ1) is 20.7. The number of benzene rings is 3. The molecule has 30 heavy (non-hydrogen) atoms. The maximum absolute atomic E-state index is 12.9. The molecule has 3 aromatic rings. The van der Waals surface area contributed by atoms with Gasteiger partial charge in [0.1, 0.15) is 0 Å². The molecule has 1 heterocycles. The summed E-state index contributed by atoms with van der Waals surface area (Å²) < 4.78 is 0. The summed E-state index contributed by atoms with van der Waals surface area (Å²) in [5.74, 6) is -0.353. The first-order valence-electron chi connectivity index (χ1n) is 9.39. The summed E-state index contributed by atoms with van der Waals surface area (Å²) in [6.07, 6.45) is 0. The Morgan fingerprint density at radius 1 is 1.10 bits per heavy atom. The fraction of sp³-hybridized carbons (Fsp3) is 0.130. The third-order valence-corrected chi connectivity index (χ3v) is 6.10. The Labute approximate surface area is 189 Å². The number of amides is 2. The summed E-state index contributed by atoms with van der Waals surface area (Å²) >= 11 is 10.4. The van der Waals surface area contributed by atoms with Gasteiger partial charge in [0.15, 0.2) is 0 Å². The molecule has 0 saturated heterocycles. The number of fused-ring (bicyclic) bond motifs is 1. The van der Waals surface area contributed by atoms with Gasteiger partial charge in [0.2, 0.25) is 0 Å². The van der Waals surface area contributed by atoms with Crippen LogP contribution in [-0.4, -0.2) is 27.0 Å². The quantitative estimate of drug-likeness (QED) is 0.438. The summed E-state index contributed by atoms with van der Waals surface area (Å²) in [5, 5.41) is 3.38. The molecule has 0 fully saturated rings. The minimum Gasteiger partial charge on any atom is -0.330 e. The molecule has 3 aromatic carbocycles. The van der Waals surface area contributed by atoms with E-state index in [4.69, 9.17) is 11.6 Å². The minimum absolute atomic E-state index is 0.0393. The van der Waals surface area contributed by atoms with E-state index in [1.54, 1.807) is 35.2 Å². The number of anilines is 1. The van der Waals surface area contributed by atoms with Crippen LogP contribution in [-0.2, 0) is 19.1 Å². The maximum atomic E-state index is 12.9. The van der Waals surface area contributed by atoms with Gasteiger partial charge in [0.05, 0.1) is 5.56 Å². The van der Waals surface area contributed by atoms with Gasteiger partial charge in [-0.1, -0.05) is 47.5 Å². The molecule has 7 heteroatoms. The number of rotatable bonds is 5. The highest BCUT2D eigenvalue weighted by Crippen LogP contribution is 2.31. The Morgan fingerprint density at radius 3 is 2.67 bits per heavy atom. The lowest BCUT2D eigenvalue weighted by Gasteiger charge is -2.16. The number of hydrogen-bond acceptors (Lipinski definition) is 3. The van der Waals surface area contributed by atoms with Crippen LogP contribution in [0.3, 0.4) is 0 Å². The first-order chi connectivity index (χ1) is 14.5. The van der Waals surface area contributed by atoms with Crippen molar-refractivity contribution >= 4 is 52.0 Å². The molecule has 0 atom stereocenters. The van der Waals surface area contributed by atoms with Crippen molar-refractivity contribution in [2.45, 2.75) is 24.0 Å². The van der Waals surface area contributed by atoms with E-state index in [-0.39, 0.29) is 11.8 Å². The van der Waals surface area contributed by atoms with Crippen molar-refractivity contribution in [3.05, 3.63) is 93.5 Å². The highest BCUT2D eigenvalue weighted by molar-refractivity contribution is 7.80. The monoisotopic (exact) mass is 449 g/mol. The van der Waals surface area contributed by atoms with Crippen molar-refractivity contribution in [1.29, 1.82) is 0 Å². The second-order valence-electron chi connectivity index (χ2n) is 7.11. The van der Waals surface area contributed by atoms with Crippen LogP contribution in [0.2, 0.25) is 5.02 Å². The van der Waals surface area contributed by atoms with Gasteiger partial charge >= 0.3 is 0 Å². The maximum Gasteiger partial charge on any atom is 0.256 e. The van der Waals surface area contributed by atoms with Crippen LogP contribution in [0.1, 0.15) is 37.4 Å². The smallest absolute Gasteiger partial charge is 0.256 e. The Hall–Kier alpha value is -2.54. The average Bonchev–Trinajstić information content (AvgIpc) is 3.06. The normalized spacial score (nSPS) is 12.8. The number of hydrogen-bond donors (Lipinski definition) is 2. The average molecular weight is 450 g/mol. The Kier molecular flexibility index (Phi) is 5.99. The van der Waals surface area contributed by atoms with E-state index in [0.717, 1.165) is 22.7 Å². The van der Waals surface area contributed by atoms with Gasteiger partial charge in [-0.2, -0.15) is 0 Å². The zero-order valence-electron chi connectivity index (χ0n) is 16.0. The molecule has 149 valence electrons. The molecule has 0 spiro atoms. The third-order valence-electron chi connectivity index (χ3n) is 5.06. The van der Waals surface area contributed by atoms with Gasteiger partial charge in [-0.15, -0.1) is 12.6 Å². The zero-order chi connectivity index (χ0) is 21.3. The number of halogens is 1. The van der Waals surface area contributed by atoms with Gasteiger partial charge in [0, 0.05) is 50.1 Å². The molecule has 1 aliphatic rings. The van der Waals surface area contributed by atoms with Gasteiger partial charge in [0.25, 0.3) is 11.8 Å². The number of carbonyl (C=O) groups excluding carboxylic acids is 2. The Bertz CT molecular complexity index is 1150. The highest BCUT2D eigenvalue weighted by Gasteiger charge is 2.30. The summed E-state index contributed by atoms with van der Waals surface area (Å²) in [5.41, 5.74) is 4.66. The first-order valence-corrected chi connectivity index (χ1v) is 10.9. The summed E-state index contributed by atoms with van der Waals surface area (Å²) in [6.45, 7) is 0.946. The zero-order valence-corrected chi connectivity index (χ0v) is 18.6. The highest BCUT2D eigenvalue weighted by atomic mass is 35.5. The van der Waals surface area contributed by atoms with E-state index in [1.807, 2.05) is 24.3 Å². The topological polar surface area (TPSA) is 49.4 Å². The van der Waals surface area contributed by atoms with Gasteiger partial charge in [-0.3, -0.25) is 9.59 Å². The van der Waals surface area contributed by atoms with Crippen LogP contribution in [0, 0.1) is 0 Å². The van der Waals surface area contributed by atoms with Gasteiger partial charge < -0.3 is 10.2 Å². The van der Waals surface area contributed by atoms with Crippen LogP contribution in [0.4, 0.5) is 5.69 Å². The lowest BCUT2D eigenvalue weighted by atomic mass is 10.1. The molecular weight excluding hydrogens is 432 g/mol. The van der Waals surface area contributed by atoms with Crippen molar-refractivity contribution in [2.75, 3.05) is 5.32 Å². The largest absolute Gasteiger partial charge is 0.330 e. The van der Waals surface area contributed by atoms with Gasteiger partial charge in [-0.25, -0.2) is 0 Å². The second kappa shape index (κ2) is 8.68. The van der Waals surface area contributed by atoms with Crippen molar-refractivity contribution in [3.8, 4) is 0 Å². The Morgan fingerprint density at radius 2 is 1.87 bits per heavy atom. The molecule has 0 aliphatic carbocycles. The fourth-order valence-corrected chi connectivity index (χ4v) is 4.21. The molecule has 0 bridgehead atoms. The molecule has 0 saturated carbocycles. The minimum atomic E-state index is -0.313. The third kappa shape index (κ3) is 4.17. The SMILES string of the molecule is O=C(Nc1cccc2c1CN(Cc1cccc(C[Si])c1)C2=O)c1cc(Cl)ccc1S. The van der Waals surface area contributed by atoms with Crippen molar-refractivity contribution in [2.24, 2.45) is 0 Å². The molecule has 1 aliphatic heterocycles. The number of thiol groups is 1. The summed E-state index contributed by atoms with van der Waals surface area (Å²) in [4.78, 5) is 28.1. The number of nitrogens with one attached hydrogen (secondary N) is 1. The van der Waals surface area contributed by atoms with Crippen LogP contribution < -0.4 is 5.32 Å². The number of carbonyl (C=O) groups is 2.